The zero-order valence-electron chi connectivity index (χ0n) is 10.2. The van der Waals surface area contributed by atoms with Crippen LogP contribution in [0.4, 0.5) is 0 Å². The number of H-pyrrole nitrogens is 1. The van der Waals surface area contributed by atoms with Gasteiger partial charge in [-0.25, -0.2) is 19.5 Å². The molecular weight excluding hydrogens is 240 g/mol. The molecule has 4 aromatic rings. The van der Waals surface area contributed by atoms with Gasteiger partial charge >= 0.3 is 0 Å². The molecule has 0 aliphatic heterocycles. The molecule has 0 saturated heterocycles. The summed E-state index contributed by atoms with van der Waals surface area (Å²) in [7, 11) is 0. The summed E-state index contributed by atoms with van der Waals surface area (Å²) in [5, 5.41) is 5.10. The highest BCUT2D eigenvalue weighted by molar-refractivity contribution is 5.93. The molecule has 0 saturated carbocycles. The zero-order valence-corrected chi connectivity index (χ0v) is 10.2. The number of hydrogen-bond donors (Lipinski definition) is 1. The van der Waals surface area contributed by atoms with Crippen LogP contribution in [0.15, 0.2) is 37.1 Å². The third-order valence-electron chi connectivity index (χ3n) is 3.14. The maximum Gasteiger partial charge on any atom is 0.155 e. The average molecular weight is 250 g/mol. The number of nitrogens with one attached hydrogen (secondary N) is 1. The van der Waals surface area contributed by atoms with Gasteiger partial charge in [-0.2, -0.15) is 5.10 Å². The highest BCUT2D eigenvalue weighted by Crippen LogP contribution is 2.27. The first-order valence-corrected chi connectivity index (χ1v) is 5.92. The lowest BCUT2D eigenvalue weighted by Gasteiger charge is -2.00. The Morgan fingerprint density at radius 3 is 3.16 bits per heavy atom. The molecule has 1 N–H and O–H groups in total. The van der Waals surface area contributed by atoms with Crippen LogP contribution in [0, 0.1) is 6.92 Å². The Kier molecular flexibility index (Phi) is 1.94. The smallest absolute Gasteiger partial charge is 0.155 e. The monoisotopic (exact) mass is 250 g/mol. The van der Waals surface area contributed by atoms with E-state index in [0.29, 0.717) is 0 Å². The van der Waals surface area contributed by atoms with Gasteiger partial charge in [0.2, 0.25) is 0 Å². The fourth-order valence-electron chi connectivity index (χ4n) is 2.22. The number of pyridine rings is 1. The van der Waals surface area contributed by atoms with Crippen LogP contribution in [0.2, 0.25) is 0 Å². The van der Waals surface area contributed by atoms with Gasteiger partial charge < -0.3 is 4.98 Å². The molecule has 4 heterocycles. The Morgan fingerprint density at radius 1 is 1.26 bits per heavy atom. The van der Waals surface area contributed by atoms with E-state index in [2.05, 4.69) is 25.0 Å². The predicted molar refractivity (Wildman–Crippen MR) is 70.6 cm³/mol. The van der Waals surface area contributed by atoms with Crippen LogP contribution in [0.1, 0.15) is 5.82 Å². The summed E-state index contributed by atoms with van der Waals surface area (Å²) in [4.78, 5) is 16.0. The normalized spacial score (nSPS) is 11.4. The van der Waals surface area contributed by atoms with E-state index in [9.17, 15) is 0 Å². The number of rotatable bonds is 1. The van der Waals surface area contributed by atoms with E-state index in [1.165, 1.54) is 0 Å². The van der Waals surface area contributed by atoms with E-state index in [0.717, 1.165) is 33.6 Å². The number of aromatic amines is 1. The molecule has 0 amide bonds. The van der Waals surface area contributed by atoms with Crippen molar-refractivity contribution in [3.8, 4) is 11.1 Å². The van der Waals surface area contributed by atoms with Crippen molar-refractivity contribution in [1.82, 2.24) is 29.5 Å². The summed E-state index contributed by atoms with van der Waals surface area (Å²) in [5.74, 6) is 0.758. The lowest BCUT2D eigenvalue weighted by Crippen LogP contribution is -1.88. The van der Waals surface area contributed by atoms with Crippen molar-refractivity contribution in [1.29, 1.82) is 0 Å². The number of aryl methyl sites for hydroxylation is 1. The first-order valence-electron chi connectivity index (χ1n) is 5.92. The minimum Gasteiger partial charge on any atom is -0.345 e. The SMILES string of the molecule is Cc1ncc2c(-c3ccn4ncnc4c3)c[nH]c2n1. The van der Waals surface area contributed by atoms with Crippen LogP contribution in [-0.2, 0) is 0 Å². The Labute approximate surface area is 108 Å². The van der Waals surface area contributed by atoms with Crippen LogP contribution in [0.3, 0.4) is 0 Å². The molecule has 4 rings (SSSR count). The van der Waals surface area contributed by atoms with Gasteiger partial charge in [-0.3, -0.25) is 0 Å². The molecule has 0 bridgehead atoms. The van der Waals surface area contributed by atoms with Gasteiger partial charge in [0.05, 0.1) is 0 Å². The maximum absolute atomic E-state index is 4.37. The van der Waals surface area contributed by atoms with Crippen molar-refractivity contribution in [2.45, 2.75) is 6.92 Å². The number of aromatic nitrogens is 6. The molecule has 0 spiro atoms. The number of nitrogens with zero attached hydrogens (tertiary/aromatic N) is 5. The van der Waals surface area contributed by atoms with Gasteiger partial charge in [0.15, 0.2) is 5.65 Å². The minimum atomic E-state index is 0.758. The summed E-state index contributed by atoms with van der Waals surface area (Å²) in [6.07, 6.45) is 7.23. The zero-order chi connectivity index (χ0) is 12.8. The lowest BCUT2D eigenvalue weighted by molar-refractivity contribution is 0.962. The number of fused-ring (bicyclic) bond motifs is 2. The fourth-order valence-corrected chi connectivity index (χ4v) is 2.22. The van der Waals surface area contributed by atoms with Crippen molar-refractivity contribution in [3.05, 3.63) is 42.9 Å². The first-order chi connectivity index (χ1) is 9.31. The quantitative estimate of drug-likeness (QED) is 0.560. The van der Waals surface area contributed by atoms with Gasteiger partial charge in [-0.05, 0) is 24.6 Å². The van der Waals surface area contributed by atoms with Gasteiger partial charge in [-0.15, -0.1) is 0 Å². The minimum absolute atomic E-state index is 0.758. The largest absolute Gasteiger partial charge is 0.345 e. The molecule has 4 aromatic heterocycles. The molecule has 0 unspecified atom stereocenters. The van der Waals surface area contributed by atoms with Crippen molar-refractivity contribution in [3.63, 3.8) is 0 Å². The molecule has 19 heavy (non-hydrogen) atoms. The second-order valence-corrected chi connectivity index (χ2v) is 4.36. The summed E-state index contributed by atoms with van der Waals surface area (Å²) in [5.41, 5.74) is 3.81. The molecule has 0 aliphatic rings. The summed E-state index contributed by atoms with van der Waals surface area (Å²) < 4.78 is 1.74. The van der Waals surface area contributed by atoms with Crippen LogP contribution < -0.4 is 0 Å². The van der Waals surface area contributed by atoms with Gasteiger partial charge in [0.1, 0.15) is 17.8 Å². The van der Waals surface area contributed by atoms with E-state index >= 15 is 0 Å². The molecular formula is C13H10N6. The molecule has 0 radical (unpaired) electrons. The summed E-state index contributed by atoms with van der Waals surface area (Å²) in [6.45, 7) is 1.88. The summed E-state index contributed by atoms with van der Waals surface area (Å²) in [6, 6.07) is 4.00. The Hall–Kier alpha value is -2.76. The van der Waals surface area contributed by atoms with E-state index in [4.69, 9.17) is 0 Å². The molecule has 92 valence electrons. The molecule has 0 aromatic carbocycles. The second-order valence-electron chi connectivity index (χ2n) is 4.36. The standard InChI is InChI=1S/C13H10N6/c1-8-14-6-11-10(5-15-13(11)18-8)9-2-3-19-12(4-9)16-7-17-19/h2-7H,1H3,(H,14,15,18). The third-order valence-corrected chi connectivity index (χ3v) is 3.14. The summed E-state index contributed by atoms with van der Waals surface area (Å²) >= 11 is 0. The van der Waals surface area contributed by atoms with Crippen molar-refractivity contribution in [2.75, 3.05) is 0 Å². The van der Waals surface area contributed by atoms with Gasteiger partial charge in [-0.1, -0.05) is 0 Å². The van der Waals surface area contributed by atoms with Crippen molar-refractivity contribution >= 4 is 16.7 Å². The third kappa shape index (κ3) is 1.50. The van der Waals surface area contributed by atoms with Gasteiger partial charge in [0.25, 0.3) is 0 Å². The Balaban J connectivity index is 1.97. The Morgan fingerprint density at radius 2 is 2.21 bits per heavy atom. The van der Waals surface area contributed by atoms with E-state index in [1.807, 2.05) is 37.6 Å². The molecule has 6 heteroatoms. The molecule has 0 atom stereocenters. The van der Waals surface area contributed by atoms with E-state index in [-0.39, 0.29) is 0 Å². The topological polar surface area (TPSA) is 71.8 Å². The van der Waals surface area contributed by atoms with E-state index < -0.39 is 0 Å². The average Bonchev–Trinajstić information content (AvgIpc) is 3.02. The fraction of sp³-hybridized carbons (Fsp3) is 0.0769. The molecule has 0 fully saturated rings. The number of hydrogen-bond acceptors (Lipinski definition) is 4. The highest BCUT2D eigenvalue weighted by atomic mass is 15.3. The van der Waals surface area contributed by atoms with Gasteiger partial charge in [0, 0.05) is 29.5 Å². The van der Waals surface area contributed by atoms with Crippen molar-refractivity contribution in [2.24, 2.45) is 0 Å². The first kappa shape index (κ1) is 10.2. The van der Waals surface area contributed by atoms with Crippen molar-refractivity contribution < 1.29 is 0 Å². The van der Waals surface area contributed by atoms with Crippen LogP contribution in [0.25, 0.3) is 27.8 Å². The van der Waals surface area contributed by atoms with E-state index in [1.54, 1.807) is 10.8 Å². The maximum atomic E-state index is 4.37. The second kappa shape index (κ2) is 3.61. The molecule has 6 nitrogen and oxygen atoms in total. The predicted octanol–water partition coefficient (Wildman–Crippen LogP) is 1.98. The molecule has 0 aliphatic carbocycles. The highest BCUT2D eigenvalue weighted by Gasteiger charge is 2.09. The Bertz CT molecular complexity index is 888. The van der Waals surface area contributed by atoms with Crippen LogP contribution >= 0.6 is 0 Å². The van der Waals surface area contributed by atoms with Crippen LogP contribution in [-0.4, -0.2) is 29.5 Å². The van der Waals surface area contributed by atoms with Crippen LogP contribution in [0.5, 0.6) is 0 Å². The lowest BCUT2D eigenvalue weighted by atomic mass is 10.1.